The number of fused-ring (bicyclic) bond motifs is 1. The minimum absolute atomic E-state index is 0.162. The maximum Gasteiger partial charge on any atom is 0.171 e. The van der Waals surface area contributed by atoms with E-state index in [2.05, 4.69) is 4.98 Å². The molecule has 2 aromatic rings. The van der Waals surface area contributed by atoms with Crippen molar-refractivity contribution in [3.63, 3.8) is 0 Å². The number of imidazole rings is 1. The van der Waals surface area contributed by atoms with Crippen LogP contribution in [0.5, 0.6) is 0 Å². The van der Waals surface area contributed by atoms with Crippen LogP contribution in [0.25, 0.3) is 11.7 Å². The molecule has 2 aromatic heterocycles. The zero-order valence-electron chi connectivity index (χ0n) is 8.45. The van der Waals surface area contributed by atoms with E-state index in [1.54, 1.807) is 28.9 Å². The lowest BCUT2D eigenvalue weighted by Crippen LogP contribution is -1.87. The van der Waals surface area contributed by atoms with Gasteiger partial charge in [0.25, 0.3) is 0 Å². The van der Waals surface area contributed by atoms with E-state index in [9.17, 15) is 4.79 Å². The zero-order valence-corrected chi connectivity index (χ0v) is 9.96. The molecule has 16 heavy (non-hydrogen) atoms. The molecule has 2 heterocycles. The summed E-state index contributed by atoms with van der Waals surface area (Å²) in [6.07, 6.45) is 5.03. The van der Waals surface area contributed by atoms with Crippen molar-refractivity contribution in [2.75, 3.05) is 0 Å². The summed E-state index contributed by atoms with van der Waals surface area (Å²) in [6.45, 7) is 1.41. The van der Waals surface area contributed by atoms with Gasteiger partial charge in [-0.1, -0.05) is 23.2 Å². The van der Waals surface area contributed by atoms with Crippen LogP contribution in [0.4, 0.5) is 0 Å². The SMILES string of the molecule is CC(=O)/C(Cl)=C/c1cn2cc(Cl)ccc2n1. The number of nitrogens with zero attached hydrogens (tertiary/aromatic N) is 2. The number of allylic oxidation sites excluding steroid dienone is 1. The summed E-state index contributed by atoms with van der Waals surface area (Å²) in [5, 5.41) is 0.785. The second kappa shape index (κ2) is 4.28. The molecule has 0 atom stereocenters. The van der Waals surface area contributed by atoms with Gasteiger partial charge in [0, 0.05) is 19.3 Å². The number of ketones is 1. The van der Waals surface area contributed by atoms with Gasteiger partial charge in [0.15, 0.2) is 5.78 Å². The predicted molar refractivity (Wildman–Crippen MR) is 64.7 cm³/mol. The lowest BCUT2D eigenvalue weighted by atomic mass is 10.3. The average Bonchev–Trinajstić information content (AvgIpc) is 2.58. The molecule has 0 saturated heterocycles. The molecule has 0 aliphatic rings. The summed E-state index contributed by atoms with van der Waals surface area (Å²) in [5.41, 5.74) is 1.38. The van der Waals surface area contributed by atoms with Crippen molar-refractivity contribution in [2.45, 2.75) is 6.92 Å². The molecule has 0 amide bonds. The maximum atomic E-state index is 11.0. The van der Waals surface area contributed by atoms with E-state index in [-0.39, 0.29) is 10.8 Å². The molecule has 0 saturated carbocycles. The smallest absolute Gasteiger partial charge is 0.171 e. The summed E-state index contributed by atoms with van der Waals surface area (Å²) in [6, 6.07) is 3.55. The molecule has 0 aromatic carbocycles. The number of Topliss-reactive ketones (excluding diaryl/α,β-unsaturated/α-hetero) is 1. The molecule has 0 spiro atoms. The molecule has 5 heteroatoms. The van der Waals surface area contributed by atoms with Crippen LogP contribution in [0.3, 0.4) is 0 Å². The first kappa shape index (κ1) is 11.2. The van der Waals surface area contributed by atoms with E-state index in [1.165, 1.54) is 13.0 Å². The molecule has 0 aliphatic heterocycles. The Hall–Kier alpha value is -1.32. The number of pyridine rings is 1. The highest BCUT2D eigenvalue weighted by Crippen LogP contribution is 2.14. The van der Waals surface area contributed by atoms with Crippen molar-refractivity contribution in [3.05, 3.63) is 40.3 Å². The monoisotopic (exact) mass is 254 g/mol. The number of carbonyl (C=O) groups excluding carboxylic acids is 1. The Morgan fingerprint density at radius 1 is 1.44 bits per heavy atom. The standard InChI is InChI=1S/C11H8Cl2N2O/c1-7(16)10(13)4-9-6-15-5-8(12)2-3-11(15)14-9/h2-6H,1H3/b10-4-. The van der Waals surface area contributed by atoms with Gasteiger partial charge in [-0.05, 0) is 18.2 Å². The highest BCUT2D eigenvalue weighted by molar-refractivity contribution is 6.44. The van der Waals surface area contributed by atoms with Crippen LogP contribution in [-0.4, -0.2) is 15.2 Å². The molecule has 0 aliphatic carbocycles. The van der Waals surface area contributed by atoms with Crippen LogP contribution < -0.4 is 0 Å². The number of aromatic nitrogens is 2. The first-order valence-electron chi connectivity index (χ1n) is 4.58. The van der Waals surface area contributed by atoms with Crippen LogP contribution in [0, 0.1) is 0 Å². The molecule has 82 valence electrons. The fourth-order valence-corrected chi connectivity index (χ4v) is 1.57. The lowest BCUT2D eigenvalue weighted by molar-refractivity contribution is -0.112. The second-order valence-corrected chi connectivity index (χ2v) is 4.17. The van der Waals surface area contributed by atoms with Crippen molar-refractivity contribution in [2.24, 2.45) is 0 Å². The minimum atomic E-state index is -0.184. The van der Waals surface area contributed by atoms with E-state index in [4.69, 9.17) is 23.2 Å². The Balaban J connectivity index is 2.48. The van der Waals surface area contributed by atoms with Crippen LogP contribution in [0.2, 0.25) is 5.02 Å². The van der Waals surface area contributed by atoms with Gasteiger partial charge >= 0.3 is 0 Å². The van der Waals surface area contributed by atoms with Crippen molar-refractivity contribution in [3.8, 4) is 0 Å². The minimum Gasteiger partial charge on any atom is -0.305 e. The van der Waals surface area contributed by atoms with Gasteiger partial charge in [-0.3, -0.25) is 4.79 Å². The summed E-state index contributed by atoms with van der Waals surface area (Å²) in [4.78, 5) is 15.2. The highest BCUT2D eigenvalue weighted by Gasteiger charge is 2.03. The molecule has 2 rings (SSSR count). The van der Waals surface area contributed by atoms with Crippen molar-refractivity contribution in [1.29, 1.82) is 0 Å². The molecule has 3 nitrogen and oxygen atoms in total. The molecule has 0 unspecified atom stereocenters. The Bertz CT molecular complexity index is 587. The summed E-state index contributed by atoms with van der Waals surface area (Å²) in [5.74, 6) is -0.184. The van der Waals surface area contributed by atoms with Crippen molar-refractivity contribution < 1.29 is 4.79 Å². The van der Waals surface area contributed by atoms with E-state index >= 15 is 0 Å². The third-order valence-corrected chi connectivity index (χ3v) is 2.64. The van der Waals surface area contributed by atoms with Gasteiger partial charge in [0.1, 0.15) is 5.65 Å². The normalized spacial score (nSPS) is 12.1. The van der Waals surface area contributed by atoms with E-state index < -0.39 is 0 Å². The number of hydrogen-bond donors (Lipinski definition) is 0. The van der Waals surface area contributed by atoms with E-state index in [1.807, 2.05) is 0 Å². The quantitative estimate of drug-likeness (QED) is 0.772. The molecule has 0 bridgehead atoms. The fourth-order valence-electron chi connectivity index (χ4n) is 1.29. The van der Waals surface area contributed by atoms with Crippen LogP contribution in [0.15, 0.2) is 29.6 Å². The first-order chi connectivity index (χ1) is 7.56. The maximum absolute atomic E-state index is 11.0. The Morgan fingerprint density at radius 2 is 2.19 bits per heavy atom. The fraction of sp³-hybridized carbons (Fsp3) is 0.0909. The lowest BCUT2D eigenvalue weighted by Gasteiger charge is -1.91. The second-order valence-electron chi connectivity index (χ2n) is 3.33. The van der Waals surface area contributed by atoms with Gasteiger partial charge < -0.3 is 4.40 Å². The Kier molecular flexibility index (Phi) is 2.99. The molecular formula is C11H8Cl2N2O. The summed E-state index contributed by atoms with van der Waals surface area (Å²) >= 11 is 11.6. The first-order valence-corrected chi connectivity index (χ1v) is 5.34. The predicted octanol–water partition coefficient (Wildman–Crippen LogP) is 3.16. The highest BCUT2D eigenvalue weighted by atomic mass is 35.5. The largest absolute Gasteiger partial charge is 0.305 e. The van der Waals surface area contributed by atoms with Gasteiger partial charge in [0.2, 0.25) is 0 Å². The van der Waals surface area contributed by atoms with Gasteiger partial charge in [0.05, 0.1) is 15.7 Å². The molecule has 0 N–H and O–H groups in total. The number of rotatable bonds is 2. The van der Waals surface area contributed by atoms with Crippen molar-refractivity contribution in [1.82, 2.24) is 9.38 Å². The van der Waals surface area contributed by atoms with E-state index in [0.29, 0.717) is 10.7 Å². The van der Waals surface area contributed by atoms with Gasteiger partial charge in [-0.15, -0.1) is 0 Å². The number of halogens is 2. The summed E-state index contributed by atoms with van der Waals surface area (Å²) in [7, 11) is 0. The van der Waals surface area contributed by atoms with Crippen LogP contribution in [-0.2, 0) is 4.79 Å². The van der Waals surface area contributed by atoms with Gasteiger partial charge in [-0.2, -0.15) is 0 Å². The molecule has 0 fully saturated rings. The van der Waals surface area contributed by atoms with Crippen LogP contribution >= 0.6 is 23.2 Å². The van der Waals surface area contributed by atoms with Gasteiger partial charge in [-0.25, -0.2) is 4.98 Å². The average molecular weight is 255 g/mol. The summed E-state index contributed by atoms with van der Waals surface area (Å²) < 4.78 is 1.78. The topological polar surface area (TPSA) is 34.4 Å². The third kappa shape index (κ3) is 2.26. The third-order valence-electron chi connectivity index (χ3n) is 2.04. The van der Waals surface area contributed by atoms with E-state index in [0.717, 1.165) is 5.65 Å². The number of hydrogen-bond acceptors (Lipinski definition) is 2. The Morgan fingerprint density at radius 3 is 2.88 bits per heavy atom. The van der Waals surface area contributed by atoms with Crippen LogP contribution in [0.1, 0.15) is 12.6 Å². The zero-order chi connectivity index (χ0) is 11.7. The molecular weight excluding hydrogens is 247 g/mol. The number of carbonyl (C=O) groups is 1. The van der Waals surface area contributed by atoms with Crippen molar-refractivity contribution >= 4 is 40.7 Å². The molecule has 0 radical (unpaired) electrons. The Labute approximate surface area is 102 Å².